The van der Waals surface area contributed by atoms with Crippen molar-refractivity contribution in [2.45, 2.75) is 38.4 Å². The van der Waals surface area contributed by atoms with Crippen LogP contribution in [0.15, 0.2) is 30.5 Å². The molecule has 1 aromatic carbocycles. The van der Waals surface area contributed by atoms with Gasteiger partial charge in [0, 0.05) is 38.4 Å². The molecule has 0 radical (unpaired) electrons. The van der Waals surface area contributed by atoms with Crippen molar-refractivity contribution >= 4 is 5.91 Å². The van der Waals surface area contributed by atoms with E-state index < -0.39 is 0 Å². The summed E-state index contributed by atoms with van der Waals surface area (Å²) in [7, 11) is 0. The summed E-state index contributed by atoms with van der Waals surface area (Å²) in [6, 6.07) is 6.59. The molecule has 1 amide bonds. The first kappa shape index (κ1) is 19.0. The highest BCUT2D eigenvalue weighted by Crippen LogP contribution is 2.37. The van der Waals surface area contributed by atoms with Crippen LogP contribution in [-0.2, 0) is 24.3 Å². The Hall–Kier alpha value is -2.32. The molecule has 2 aromatic rings. The lowest BCUT2D eigenvalue weighted by Gasteiger charge is -2.49. The molecule has 3 saturated heterocycles. The highest BCUT2D eigenvalue weighted by Gasteiger charge is 2.43. The van der Waals surface area contributed by atoms with E-state index >= 15 is 0 Å². The number of aromatic nitrogens is 3. The molecule has 3 fully saturated rings. The molecule has 28 heavy (non-hydrogen) atoms. The van der Waals surface area contributed by atoms with E-state index in [0.29, 0.717) is 24.9 Å². The molecule has 4 atom stereocenters. The Balaban J connectivity index is 1.31. The Bertz CT molecular complexity index is 809. The smallest absolute Gasteiger partial charge is 0.224 e. The largest absolute Gasteiger partial charge is 0.396 e. The maximum absolute atomic E-state index is 13.0. The van der Waals surface area contributed by atoms with Gasteiger partial charge in [-0.15, -0.1) is 5.10 Å². The number of carbonyl (C=O) groups is 1. The first-order valence-corrected chi connectivity index (χ1v) is 9.88. The number of hydrogen-bond donors (Lipinski definition) is 2. The van der Waals surface area contributed by atoms with E-state index in [4.69, 9.17) is 5.11 Å². The first-order valence-electron chi connectivity index (χ1n) is 9.88. The lowest BCUT2D eigenvalue weighted by molar-refractivity contribution is -0.133. The van der Waals surface area contributed by atoms with E-state index in [0.717, 1.165) is 43.7 Å². The van der Waals surface area contributed by atoms with Crippen molar-refractivity contribution in [2.75, 3.05) is 19.7 Å². The molecule has 0 saturated carbocycles. The van der Waals surface area contributed by atoms with Crippen LogP contribution in [0.5, 0.6) is 0 Å². The van der Waals surface area contributed by atoms with Crippen LogP contribution < -0.4 is 5.32 Å². The molecule has 150 valence electrons. The molecule has 3 aliphatic rings. The van der Waals surface area contributed by atoms with Crippen LogP contribution in [0.4, 0.5) is 4.39 Å². The summed E-state index contributed by atoms with van der Waals surface area (Å²) in [5.74, 6) is 0.202. The van der Waals surface area contributed by atoms with Crippen molar-refractivity contribution < 1.29 is 14.3 Å². The van der Waals surface area contributed by atoms with Gasteiger partial charge in [0.1, 0.15) is 5.82 Å². The molecule has 1 aromatic heterocycles. The fourth-order valence-corrected chi connectivity index (χ4v) is 4.42. The van der Waals surface area contributed by atoms with Crippen LogP contribution in [-0.4, -0.2) is 56.6 Å². The molecule has 4 heterocycles. The van der Waals surface area contributed by atoms with Gasteiger partial charge in [-0.25, -0.2) is 4.39 Å². The summed E-state index contributed by atoms with van der Waals surface area (Å²) in [5.41, 5.74) is 1.70. The van der Waals surface area contributed by atoms with Crippen molar-refractivity contribution in [2.24, 2.45) is 11.8 Å². The summed E-state index contributed by atoms with van der Waals surface area (Å²) in [6.07, 6.45) is 4.43. The van der Waals surface area contributed by atoms with Gasteiger partial charge in [-0.05, 0) is 43.0 Å². The zero-order valence-corrected chi connectivity index (χ0v) is 15.8. The van der Waals surface area contributed by atoms with Crippen LogP contribution in [0.3, 0.4) is 0 Å². The van der Waals surface area contributed by atoms with Gasteiger partial charge in [-0.3, -0.25) is 14.4 Å². The van der Waals surface area contributed by atoms with Gasteiger partial charge in [-0.2, -0.15) is 0 Å². The topological polar surface area (TPSA) is 83.3 Å². The number of nitrogens with zero attached hydrogens (tertiary/aromatic N) is 4. The third-order valence-electron chi connectivity index (χ3n) is 5.95. The Kier molecular flexibility index (Phi) is 5.68. The van der Waals surface area contributed by atoms with Gasteiger partial charge in [-0.1, -0.05) is 17.3 Å². The fraction of sp³-hybridized carbons (Fsp3) is 0.550. The van der Waals surface area contributed by atoms with Crippen LogP contribution in [0.1, 0.15) is 24.1 Å². The second-order valence-corrected chi connectivity index (χ2v) is 7.79. The van der Waals surface area contributed by atoms with Gasteiger partial charge in [0.05, 0.1) is 18.2 Å². The normalized spacial score (nSPS) is 26.4. The standard InChI is InChI=1S/C20H26FN5O2/c21-16-3-1-14(2-4-16)10-22-20(28)19-13-25-7-5-15(19)9-18(25)12-26-11-17(6-8-27)23-24-26/h1-4,11,15,18-19,27H,5-10,12-13H2,(H,22,28)/t15-,18+,19-/m0/s1. The lowest BCUT2D eigenvalue weighted by atomic mass is 9.75. The molecule has 7 nitrogen and oxygen atoms in total. The van der Waals surface area contributed by atoms with Gasteiger partial charge >= 0.3 is 0 Å². The second kappa shape index (κ2) is 8.36. The monoisotopic (exact) mass is 387 g/mol. The van der Waals surface area contributed by atoms with Crippen LogP contribution in [0.2, 0.25) is 0 Å². The van der Waals surface area contributed by atoms with E-state index in [1.807, 2.05) is 10.9 Å². The second-order valence-electron chi connectivity index (χ2n) is 7.79. The van der Waals surface area contributed by atoms with Crippen LogP contribution in [0, 0.1) is 17.7 Å². The summed E-state index contributed by atoms with van der Waals surface area (Å²) >= 11 is 0. The van der Waals surface area contributed by atoms with Gasteiger partial charge < -0.3 is 10.4 Å². The van der Waals surface area contributed by atoms with Crippen molar-refractivity contribution in [3.63, 3.8) is 0 Å². The number of carbonyl (C=O) groups excluding carboxylic acids is 1. The van der Waals surface area contributed by atoms with Crippen LogP contribution in [0.25, 0.3) is 0 Å². The Morgan fingerprint density at radius 2 is 2.14 bits per heavy atom. The number of aliphatic hydroxyl groups is 1. The van der Waals surface area contributed by atoms with E-state index in [-0.39, 0.29) is 24.2 Å². The number of halogens is 1. The number of fused-ring (bicyclic) bond motifs is 3. The number of hydrogen-bond acceptors (Lipinski definition) is 5. The van der Waals surface area contributed by atoms with Crippen molar-refractivity contribution in [1.29, 1.82) is 0 Å². The molecule has 1 unspecified atom stereocenters. The van der Waals surface area contributed by atoms with Gasteiger partial charge in [0.25, 0.3) is 0 Å². The Morgan fingerprint density at radius 1 is 1.32 bits per heavy atom. The Labute approximate surface area is 163 Å². The summed E-state index contributed by atoms with van der Waals surface area (Å²) in [4.78, 5) is 15.1. The average molecular weight is 387 g/mol. The highest BCUT2D eigenvalue weighted by molar-refractivity contribution is 5.79. The lowest BCUT2D eigenvalue weighted by Crippen LogP contribution is -2.58. The third-order valence-corrected chi connectivity index (χ3v) is 5.95. The maximum atomic E-state index is 13.0. The predicted octanol–water partition coefficient (Wildman–Crippen LogP) is 0.979. The number of piperidine rings is 3. The molecular weight excluding hydrogens is 361 g/mol. The minimum atomic E-state index is -0.269. The van der Waals surface area contributed by atoms with Gasteiger partial charge in [0.15, 0.2) is 0 Å². The molecule has 0 aliphatic carbocycles. The highest BCUT2D eigenvalue weighted by atomic mass is 19.1. The van der Waals surface area contributed by atoms with Crippen molar-refractivity contribution in [1.82, 2.24) is 25.2 Å². The average Bonchev–Trinajstić information content (AvgIpc) is 3.15. The minimum Gasteiger partial charge on any atom is -0.396 e. The molecule has 0 spiro atoms. The number of aliphatic hydroxyl groups excluding tert-OH is 1. The van der Waals surface area contributed by atoms with Crippen molar-refractivity contribution in [3.05, 3.63) is 47.5 Å². The van der Waals surface area contributed by atoms with E-state index in [2.05, 4.69) is 20.5 Å². The summed E-state index contributed by atoms with van der Waals surface area (Å²) in [5, 5.41) is 20.3. The summed E-state index contributed by atoms with van der Waals surface area (Å²) < 4.78 is 14.8. The molecule has 2 bridgehead atoms. The zero-order chi connectivity index (χ0) is 19.5. The molecule has 2 N–H and O–H groups in total. The molecule has 3 aliphatic heterocycles. The van der Waals surface area contributed by atoms with Gasteiger partial charge in [0.2, 0.25) is 5.91 Å². The third kappa shape index (κ3) is 4.23. The number of benzene rings is 1. The first-order chi connectivity index (χ1) is 13.6. The molecule has 8 heteroatoms. The SMILES string of the molecule is O=C(NCc1ccc(F)cc1)[C@H]1CN2CC[C@H]1C[C@@H]2Cn1cc(CCO)nn1. The van der Waals surface area contributed by atoms with Crippen LogP contribution >= 0.6 is 0 Å². The zero-order valence-electron chi connectivity index (χ0n) is 15.8. The Morgan fingerprint density at radius 3 is 2.86 bits per heavy atom. The molecule has 5 rings (SSSR count). The fourth-order valence-electron chi connectivity index (χ4n) is 4.42. The van der Waals surface area contributed by atoms with E-state index in [1.54, 1.807) is 12.1 Å². The quantitative estimate of drug-likeness (QED) is 0.740. The number of amides is 1. The number of rotatable bonds is 7. The predicted molar refractivity (Wildman–Crippen MR) is 101 cm³/mol. The molecular formula is C20H26FN5O2. The maximum Gasteiger partial charge on any atom is 0.224 e. The summed E-state index contributed by atoms with van der Waals surface area (Å²) in [6.45, 7) is 3.04. The number of nitrogens with one attached hydrogen (secondary N) is 1. The van der Waals surface area contributed by atoms with E-state index in [9.17, 15) is 9.18 Å². The minimum absolute atomic E-state index is 0.00569. The van der Waals surface area contributed by atoms with Crippen molar-refractivity contribution in [3.8, 4) is 0 Å². The van der Waals surface area contributed by atoms with E-state index in [1.165, 1.54) is 12.1 Å².